The SMILES string of the molecule is CC1CCCCC1(C)Oc1ccc(O)c(OC2(C)CCCCC2C)c1OC1(C)CCCCC1C. The number of aromatic hydroxyl groups is 1. The molecule has 3 aliphatic carbocycles. The molecule has 1 aromatic rings. The molecule has 4 heteroatoms. The molecule has 0 spiro atoms. The van der Waals surface area contributed by atoms with Crippen LogP contribution in [0.2, 0.25) is 0 Å². The molecular formula is C30H48O4. The first-order valence-corrected chi connectivity index (χ1v) is 14.0. The van der Waals surface area contributed by atoms with Crippen molar-refractivity contribution in [2.24, 2.45) is 17.8 Å². The Kier molecular flexibility index (Phi) is 7.37. The summed E-state index contributed by atoms with van der Waals surface area (Å²) < 4.78 is 20.5. The van der Waals surface area contributed by atoms with E-state index in [2.05, 4.69) is 41.5 Å². The van der Waals surface area contributed by atoms with Crippen molar-refractivity contribution in [2.45, 2.75) is 135 Å². The van der Waals surface area contributed by atoms with E-state index in [4.69, 9.17) is 14.2 Å². The largest absolute Gasteiger partial charge is 0.504 e. The highest BCUT2D eigenvalue weighted by Gasteiger charge is 2.43. The van der Waals surface area contributed by atoms with Crippen LogP contribution in [0.3, 0.4) is 0 Å². The fourth-order valence-electron chi connectivity index (χ4n) is 6.42. The summed E-state index contributed by atoms with van der Waals surface area (Å²) in [6.45, 7) is 13.5. The Morgan fingerprint density at radius 3 is 1.47 bits per heavy atom. The standard InChI is InChI=1S/C30H48O4/c1-21-13-7-10-18-28(21,4)32-25-17-16-24(31)26(33-29(5)19-11-8-14-22(29)2)27(25)34-30(6)20-12-9-15-23(30)3/h16-17,21-23,31H,7-15,18-20H2,1-6H3. The van der Waals surface area contributed by atoms with Gasteiger partial charge in [-0.25, -0.2) is 0 Å². The zero-order chi connectivity index (χ0) is 24.6. The molecule has 3 saturated carbocycles. The minimum atomic E-state index is -0.326. The third-order valence-corrected chi connectivity index (χ3v) is 9.88. The number of phenolic OH excluding ortho intramolecular Hbond substituents is 1. The van der Waals surface area contributed by atoms with Crippen LogP contribution >= 0.6 is 0 Å². The van der Waals surface area contributed by atoms with Crippen LogP contribution in [-0.2, 0) is 0 Å². The second kappa shape index (κ2) is 9.82. The summed E-state index contributed by atoms with van der Waals surface area (Å²) in [5, 5.41) is 11.1. The smallest absolute Gasteiger partial charge is 0.208 e. The Hall–Kier alpha value is -1.58. The molecular weight excluding hydrogens is 424 g/mol. The van der Waals surface area contributed by atoms with Crippen LogP contribution in [0.4, 0.5) is 0 Å². The van der Waals surface area contributed by atoms with E-state index in [0.717, 1.165) is 50.7 Å². The van der Waals surface area contributed by atoms with Crippen LogP contribution in [0, 0.1) is 17.8 Å². The number of rotatable bonds is 6. The van der Waals surface area contributed by atoms with Crippen molar-refractivity contribution in [3.63, 3.8) is 0 Å². The minimum absolute atomic E-state index is 0.148. The lowest BCUT2D eigenvalue weighted by molar-refractivity contribution is -0.0342. The summed E-state index contributed by atoms with van der Waals surface area (Å²) in [6, 6.07) is 3.63. The molecule has 0 aromatic heterocycles. The molecule has 0 radical (unpaired) electrons. The molecule has 34 heavy (non-hydrogen) atoms. The van der Waals surface area contributed by atoms with Crippen LogP contribution in [0.1, 0.15) is 119 Å². The minimum Gasteiger partial charge on any atom is -0.504 e. The maximum atomic E-state index is 11.1. The van der Waals surface area contributed by atoms with Crippen LogP contribution < -0.4 is 14.2 Å². The summed E-state index contributed by atoms with van der Waals surface area (Å²) in [7, 11) is 0. The molecule has 4 nitrogen and oxygen atoms in total. The van der Waals surface area contributed by atoms with Crippen molar-refractivity contribution >= 4 is 0 Å². The van der Waals surface area contributed by atoms with Crippen molar-refractivity contribution in [3.8, 4) is 23.0 Å². The van der Waals surface area contributed by atoms with Crippen LogP contribution in [0.15, 0.2) is 12.1 Å². The monoisotopic (exact) mass is 472 g/mol. The first kappa shape index (κ1) is 25.5. The Morgan fingerprint density at radius 2 is 1.03 bits per heavy atom. The highest BCUT2D eigenvalue weighted by atomic mass is 16.6. The van der Waals surface area contributed by atoms with E-state index in [1.807, 2.05) is 6.07 Å². The zero-order valence-corrected chi connectivity index (χ0v) is 22.5. The van der Waals surface area contributed by atoms with Gasteiger partial charge in [0.1, 0.15) is 16.8 Å². The molecule has 6 unspecified atom stereocenters. The third kappa shape index (κ3) is 5.02. The van der Waals surface area contributed by atoms with Gasteiger partial charge in [-0.1, -0.05) is 40.0 Å². The van der Waals surface area contributed by atoms with Gasteiger partial charge in [0.25, 0.3) is 0 Å². The van der Waals surface area contributed by atoms with Gasteiger partial charge in [0.05, 0.1) is 0 Å². The topological polar surface area (TPSA) is 47.9 Å². The van der Waals surface area contributed by atoms with E-state index in [0.29, 0.717) is 29.3 Å². The first-order chi connectivity index (χ1) is 16.1. The van der Waals surface area contributed by atoms with Gasteiger partial charge in [0.15, 0.2) is 11.5 Å². The van der Waals surface area contributed by atoms with Gasteiger partial charge < -0.3 is 19.3 Å². The van der Waals surface area contributed by atoms with Gasteiger partial charge in [-0.05, 0) is 108 Å². The lowest BCUT2D eigenvalue weighted by Gasteiger charge is -2.44. The highest BCUT2D eigenvalue weighted by Crippen LogP contribution is 2.52. The molecule has 1 aromatic carbocycles. The molecule has 0 saturated heterocycles. The third-order valence-electron chi connectivity index (χ3n) is 9.88. The average molecular weight is 473 g/mol. The van der Waals surface area contributed by atoms with E-state index in [9.17, 15) is 5.11 Å². The predicted octanol–water partition coefficient (Wildman–Crippen LogP) is 8.44. The van der Waals surface area contributed by atoms with Crippen molar-refractivity contribution in [1.29, 1.82) is 0 Å². The molecule has 0 aliphatic heterocycles. The highest BCUT2D eigenvalue weighted by molar-refractivity contribution is 5.59. The molecule has 0 bridgehead atoms. The van der Waals surface area contributed by atoms with E-state index in [-0.39, 0.29) is 22.6 Å². The maximum absolute atomic E-state index is 11.1. The molecule has 192 valence electrons. The van der Waals surface area contributed by atoms with Crippen LogP contribution in [0.5, 0.6) is 23.0 Å². The van der Waals surface area contributed by atoms with Gasteiger partial charge >= 0.3 is 0 Å². The quantitative estimate of drug-likeness (QED) is 0.451. The van der Waals surface area contributed by atoms with Gasteiger partial charge in [0, 0.05) is 0 Å². The van der Waals surface area contributed by atoms with Gasteiger partial charge in [-0.2, -0.15) is 0 Å². The molecule has 3 aliphatic rings. The number of hydrogen-bond acceptors (Lipinski definition) is 4. The molecule has 1 N–H and O–H groups in total. The predicted molar refractivity (Wildman–Crippen MR) is 138 cm³/mol. The zero-order valence-electron chi connectivity index (χ0n) is 22.5. The summed E-state index contributed by atoms with van der Waals surface area (Å²) in [5.41, 5.74) is -0.875. The van der Waals surface area contributed by atoms with Gasteiger partial charge in [0.2, 0.25) is 11.5 Å². The normalized spacial score (nSPS) is 38.8. The van der Waals surface area contributed by atoms with Gasteiger partial charge in [-0.3, -0.25) is 0 Å². The number of phenols is 1. The Morgan fingerprint density at radius 1 is 0.618 bits per heavy atom. The molecule has 0 heterocycles. The van der Waals surface area contributed by atoms with Crippen LogP contribution in [0.25, 0.3) is 0 Å². The average Bonchev–Trinajstić information content (AvgIpc) is 2.79. The Balaban J connectivity index is 1.75. The van der Waals surface area contributed by atoms with E-state index in [1.165, 1.54) is 32.1 Å². The fourth-order valence-corrected chi connectivity index (χ4v) is 6.42. The first-order valence-electron chi connectivity index (χ1n) is 14.0. The fraction of sp³-hybridized carbons (Fsp3) is 0.800. The lowest BCUT2D eigenvalue weighted by Crippen LogP contribution is -2.44. The molecule has 3 fully saturated rings. The second-order valence-corrected chi connectivity index (χ2v) is 12.4. The lowest BCUT2D eigenvalue weighted by atomic mass is 9.77. The van der Waals surface area contributed by atoms with Crippen molar-refractivity contribution in [3.05, 3.63) is 12.1 Å². The number of benzene rings is 1. The Labute approximate surface area is 207 Å². The maximum Gasteiger partial charge on any atom is 0.208 e. The van der Waals surface area contributed by atoms with E-state index < -0.39 is 0 Å². The number of ether oxygens (including phenoxy) is 3. The molecule has 4 rings (SSSR count). The number of hydrogen-bond donors (Lipinski definition) is 1. The van der Waals surface area contributed by atoms with E-state index >= 15 is 0 Å². The Bertz CT molecular complexity index is 852. The van der Waals surface area contributed by atoms with Crippen molar-refractivity contribution < 1.29 is 19.3 Å². The van der Waals surface area contributed by atoms with Crippen molar-refractivity contribution in [2.75, 3.05) is 0 Å². The van der Waals surface area contributed by atoms with E-state index in [1.54, 1.807) is 6.07 Å². The summed E-state index contributed by atoms with van der Waals surface area (Å²) in [5.74, 6) is 3.25. The summed E-state index contributed by atoms with van der Waals surface area (Å²) in [6.07, 6.45) is 13.8. The molecule has 6 atom stereocenters. The summed E-state index contributed by atoms with van der Waals surface area (Å²) in [4.78, 5) is 0. The van der Waals surface area contributed by atoms with Crippen LogP contribution in [-0.4, -0.2) is 21.9 Å². The second-order valence-electron chi connectivity index (χ2n) is 12.4. The van der Waals surface area contributed by atoms with Crippen molar-refractivity contribution in [1.82, 2.24) is 0 Å². The summed E-state index contributed by atoms with van der Waals surface area (Å²) >= 11 is 0. The van der Waals surface area contributed by atoms with Gasteiger partial charge in [-0.15, -0.1) is 0 Å². The molecule has 0 amide bonds.